The Kier molecular flexibility index (Phi) is 3.58. The van der Waals surface area contributed by atoms with E-state index in [0.717, 1.165) is 23.3 Å². The van der Waals surface area contributed by atoms with E-state index in [1.165, 1.54) is 0 Å². The van der Waals surface area contributed by atoms with E-state index in [1.54, 1.807) is 0 Å². The first-order valence-corrected chi connectivity index (χ1v) is 4.59. The summed E-state index contributed by atoms with van der Waals surface area (Å²) in [4.78, 5) is 2.87. The minimum absolute atomic E-state index is 0. The lowest BCUT2D eigenvalue weighted by Crippen LogP contribution is -2.13. The lowest BCUT2D eigenvalue weighted by molar-refractivity contribution is 0.268. The molecule has 80 valence electrons. The van der Waals surface area contributed by atoms with E-state index in [0.29, 0.717) is 6.61 Å². The number of rotatable bonds is 1. The largest absolute Gasteiger partial charge is 0.493 e. The highest BCUT2D eigenvalue weighted by Gasteiger charge is 2.21. The Morgan fingerprint density at radius 3 is 3.07 bits per heavy atom. The molecule has 1 aromatic rings. The van der Waals surface area contributed by atoms with Gasteiger partial charge in [-0.05, 0) is 30.5 Å². The van der Waals surface area contributed by atoms with E-state index >= 15 is 0 Å². The third-order valence-electron chi connectivity index (χ3n) is 2.46. The monoisotopic (exact) mass is 205 g/mol. The molecule has 4 nitrogen and oxygen atoms in total. The molecule has 0 amide bonds. The number of hydrogen-bond acceptors (Lipinski definition) is 2. The number of ether oxygens (including phenoxy) is 1. The second-order valence-electron chi connectivity index (χ2n) is 3.34. The van der Waals surface area contributed by atoms with Crippen molar-refractivity contribution in [3.05, 3.63) is 39.8 Å². The quantitative estimate of drug-likeness (QED) is 0.391. The normalized spacial score (nSPS) is 17.8. The first kappa shape index (κ1) is 11.4. The van der Waals surface area contributed by atoms with Crippen molar-refractivity contribution in [2.24, 2.45) is 5.11 Å². The van der Waals surface area contributed by atoms with Gasteiger partial charge in [0.1, 0.15) is 5.75 Å². The lowest BCUT2D eigenvalue weighted by atomic mass is 9.97. The zero-order valence-corrected chi connectivity index (χ0v) is 7.97. The first-order valence-electron chi connectivity index (χ1n) is 4.59. The molecule has 1 aliphatic rings. The van der Waals surface area contributed by atoms with Gasteiger partial charge in [0.05, 0.1) is 12.6 Å². The van der Waals surface area contributed by atoms with Gasteiger partial charge in [0.2, 0.25) is 0 Å². The molecule has 1 heterocycles. The smallest absolute Gasteiger partial charge is 0.123 e. The fraction of sp³-hybridized carbons (Fsp3) is 0.455. The molecular formula is C11H15N3O. The summed E-state index contributed by atoms with van der Waals surface area (Å²) in [6.45, 7) is 2.63. The van der Waals surface area contributed by atoms with E-state index in [4.69, 9.17) is 10.3 Å². The van der Waals surface area contributed by atoms with Gasteiger partial charge in [-0.1, -0.05) is 24.7 Å². The molecule has 1 atom stereocenters. The zero-order valence-electron chi connectivity index (χ0n) is 7.97. The number of aryl methyl sites for hydroxylation is 1. The van der Waals surface area contributed by atoms with Crippen LogP contribution in [0.1, 0.15) is 31.0 Å². The fourth-order valence-electron chi connectivity index (χ4n) is 1.81. The Bertz CT molecular complexity index is 397. The Labute approximate surface area is 89.5 Å². The number of hydrogen-bond donors (Lipinski definition) is 0. The third kappa shape index (κ3) is 2.05. The van der Waals surface area contributed by atoms with Crippen LogP contribution in [0.5, 0.6) is 5.75 Å². The molecule has 1 aliphatic heterocycles. The van der Waals surface area contributed by atoms with Crippen LogP contribution >= 0.6 is 0 Å². The van der Waals surface area contributed by atoms with Crippen molar-refractivity contribution in [3.63, 3.8) is 0 Å². The average Bonchev–Trinajstić information content (AvgIpc) is 2.19. The van der Waals surface area contributed by atoms with Crippen LogP contribution in [0.25, 0.3) is 10.4 Å². The number of azide groups is 1. The van der Waals surface area contributed by atoms with Crippen LogP contribution in [0.2, 0.25) is 0 Å². The topological polar surface area (TPSA) is 58.0 Å². The van der Waals surface area contributed by atoms with Gasteiger partial charge in [0.25, 0.3) is 0 Å². The fourth-order valence-corrected chi connectivity index (χ4v) is 1.81. The maximum Gasteiger partial charge on any atom is 0.123 e. The van der Waals surface area contributed by atoms with Gasteiger partial charge in [-0.3, -0.25) is 0 Å². The lowest BCUT2D eigenvalue weighted by Gasteiger charge is -2.24. The van der Waals surface area contributed by atoms with Crippen molar-refractivity contribution < 1.29 is 4.74 Å². The van der Waals surface area contributed by atoms with Gasteiger partial charge in [0.15, 0.2) is 0 Å². The molecule has 0 radical (unpaired) electrons. The highest BCUT2D eigenvalue weighted by atomic mass is 16.5. The zero-order chi connectivity index (χ0) is 9.97. The number of fused-ring (bicyclic) bond motifs is 1. The van der Waals surface area contributed by atoms with E-state index < -0.39 is 0 Å². The van der Waals surface area contributed by atoms with Crippen molar-refractivity contribution in [1.29, 1.82) is 0 Å². The van der Waals surface area contributed by atoms with Crippen LogP contribution in [-0.2, 0) is 0 Å². The summed E-state index contributed by atoms with van der Waals surface area (Å²) in [5, 5.41) is 3.79. The van der Waals surface area contributed by atoms with Crippen LogP contribution in [0.3, 0.4) is 0 Å². The summed E-state index contributed by atoms with van der Waals surface area (Å²) < 4.78 is 5.50. The van der Waals surface area contributed by atoms with E-state index in [-0.39, 0.29) is 13.5 Å². The van der Waals surface area contributed by atoms with Crippen LogP contribution in [0.15, 0.2) is 23.3 Å². The molecule has 0 saturated carbocycles. The van der Waals surface area contributed by atoms with Gasteiger partial charge >= 0.3 is 0 Å². The van der Waals surface area contributed by atoms with Crippen molar-refractivity contribution >= 4 is 0 Å². The van der Waals surface area contributed by atoms with E-state index in [1.807, 2.05) is 25.1 Å². The van der Waals surface area contributed by atoms with Crippen molar-refractivity contribution in [2.45, 2.75) is 26.8 Å². The Hall–Kier alpha value is -1.67. The summed E-state index contributed by atoms with van der Waals surface area (Å²) in [5.41, 5.74) is 10.6. The van der Waals surface area contributed by atoms with E-state index in [2.05, 4.69) is 10.0 Å². The second kappa shape index (κ2) is 4.71. The Balaban J connectivity index is 0.00000112. The molecule has 0 aliphatic carbocycles. The van der Waals surface area contributed by atoms with Gasteiger partial charge < -0.3 is 4.74 Å². The van der Waals surface area contributed by atoms with Gasteiger partial charge in [-0.15, -0.1) is 0 Å². The molecule has 0 unspecified atom stereocenters. The molecule has 0 aromatic heterocycles. The highest BCUT2D eigenvalue weighted by Crippen LogP contribution is 2.36. The van der Waals surface area contributed by atoms with Crippen molar-refractivity contribution in [2.75, 3.05) is 6.61 Å². The van der Waals surface area contributed by atoms with Gasteiger partial charge in [-0.2, -0.15) is 0 Å². The minimum atomic E-state index is -0.0649. The van der Waals surface area contributed by atoms with Crippen LogP contribution in [0.4, 0.5) is 0 Å². The molecule has 0 fully saturated rings. The summed E-state index contributed by atoms with van der Waals surface area (Å²) in [5.74, 6) is 0.855. The standard InChI is InChI=1S/C10H11N3O.CH4/c1-7-3-2-4-9-10(7)8(12-13-11)5-6-14-9;/h2-4,8H,5-6H2,1H3;1H4/t8-;/m1./s1. The predicted octanol–water partition coefficient (Wildman–Crippen LogP) is 3.77. The van der Waals surface area contributed by atoms with Crippen LogP contribution in [0, 0.1) is 6.92 Å². The van der Waals surface area contributed by atoms with Gasteiger partial charge in [-0.25, -0.2) is 0 Å². The van der Waals surface area contributed by atoms with Crippen molar-refractivity contribution in [3.8, 4) is 5.75 Å². The van der Waals surface area contributed by atoms with Gasteiger partial charge in [0, 0.05) is 10.5 Å². The maximum absolute atomic E-state index is 8.45. The predicted molar refractivity (Wildman–Crippen MR) is 59.9 cm³/mol. The number of nitrogens with zero attached hydrogens (tertiary/aromatic N) is 3. The molecule has 15 heavy (non-hydrogen) atoms. The summed E-state index contributed by atoms with van der Waals surface area (Å²) >= 11 is 0. The molecular weight excluding hydrogens is 190 g/mol. The SMILES string of the molecule is C.Cc1cccc2c1[C@H](N=[N+]=[N-])CCO2. The first-order chi connectivity index (χ1) is 6.83. The maximum atomic E-state index is 8.45. The summed E-state index contributed by atoms with van der Waals surface area (Å²) in [7, 11) is 0. The molecule has 0 saturated heterocycles. The molecule has 1 aromatic carbocycles. The number of benzene rings is 1. The summed E-state index contributed by atoms with van der Waals surface area (Å²) in [6, 6.07) is 5.81. The molecule has 4 heteroatoms. The Morgan fingerprint density at radius 2 is 2.33 bits per heavy atom. The van der Waals surface area contributed by atoms with Crippen molar-refractivity contribution in [1.82, 2.24) is 0 Å². The average molecular weight is 205 g/mol. The third-order valence-corrected chi connectivity index (χ3v) is 2.46. The molecule has 0 bridgehead atoms. The second-order valence-corrected chi connectivity index (χ2v) is 3.34. The summed E-state index contributed by atoms with van der Waals surface area (Å²) in [6.07, 6.45) is 0.766. The minimum Gasteiger partial charge on any atom is -0.493 e. The molecule has 0 N–H and O–H groups in total. The molecule has 2 rings (SSSR count). The van der Waals surface area contributed by atoms with Crippen LogP contribution in [-0.4, -0.2) is 6.61 Å². The highest BCUT2D eigenvalue weighted by molar-refractivity contribution is 5.43. The Morgan fingerprint density at radius 1 is 1.53 bits per heavy atom. The van der Waals surface area contributed by atoms with Crippen LogP contribution < -0.4 is 4.74 Å². The van der Waals surface area contributed by atoms with E-state index in [9.17, 15) is 0 Å². The molecule has 0 spiro atoms.